The van der Waals surface area contributed by atoms with E-state index in [1.165, 1.54) is 0 Å². The van der Waals surface area contributed by atoms with Crippen LogP contribution in [0.5, 0.6) is 0 Å². The molecule has 0 heterocycles. The average molecular weight is 336 g/mol. The molecule has 0 aliphatic carbocycles. The fourth-order valence-corrected chi connectivity index (χ4v) is 3.03. The highest BCUT2D eigenvalue weighted by atomic mass is 35.5. The molecular weight excluding hydrogens is 326 g/mol. The van der Waals surface area contributed by atoms with Crippen LogP contribution >= 0.6 is 46.4 Å². The first kappa shape index (κ1) is 14.6. The van der Waals surface area contributed by atoms with Crippen molar-refractivity contribution in [3.8, 4) is 0 Å². The van der Waals surface area contributed by atoms with Crippen molar-refractivity contribution in [2.45, 2.75) is 6.42 Å². The Balaban J connectivity index is 2.48. The maximum atomic E-state index is 6.15. The summed E-state index contributed by atoms with van der Waals surface area (Å²) in [7, 11) is 0. The highest BCUT2D eigenvalue weighted by molar-refractivity contribution is 6.38. The van der Waals surface area contributed by atoms with Gasteiger partial charge in [0.05, 0.1) is 0 Å². The molecule has 2 nitrogen and oxygen atoms in total. The van der Waals surface area contributed by atoms with E-state index >= 15 is 0 Å². The summed E-state index contributed by atoms with van der Waals surface area (Å²) in [5.41, 5.74) is 13.8. The van der Waals surface area contributed by atoms with E-state index in [0.29, 0.717) is 37.9 Å². The van der Waals surface area contributed by atoms with Gasteiger partial charge in [-0.1, -0.05) is 46.4 Å². The molecule has 0 saturated carbocycles. The van der Waals surface area contributed by atoms with Crippen LogP contribution in [-0.4, -0.2) is 0 Å². The normalized spacial score (nSPS) is 10.7. The van der Waals surface area contributed by atoms with Crippen molar-refractivity contribution in [2.24, 2.45) is 0 Å². The van der Waals surface area contributed by atoms with E-state index in [2.05, 4.69) is 0 Å². The van der Waals surface area contributed by atoms with Crippen LogP contribution in [0.15, 0.2) is 24.3 Å². The van der Waals surface area contributed by atoms with Crippen molar-refractivity contribution in [3.63, 3.8) is 0 Å². The van der Waals surface area contributed by atoms with Crippen molar-refractivity contribution in [3.05, 3.63) is 55.5 Å². The van der Waals surface area contributed by atoms with Gasteiger partial charge in [-0.2, -0.15) is 0 Å². The molecule has 0 atom stereocenters. The Morgan fingerprint density at radius 1 is 0.632 bits per heavy atom. The zero-order valence-corrected chi connectivity index (χ0v) is 12.7. The number of anilines is 2. The third-order valence-electron chi connectivity index (χ3n) is 2.68. The van der Waals surface area contributed by atoms with Gasteiger partial charge in [-0.15, -0.1) is 0 Å². The molecule has 2 aromatic carbocycles. The van der Waals surface area contributed by atoms with Gasteiger partial charge in [-0.25, -0.2) is 0 Å². The summed E-state index contributed by atoms with van der Waals surface area (Å²) in [4.78, 5) is 0. The minimum Gasteiger partial charge on any atom is -0.399 e. The summed E-state index contributed by atoms with van der Waals surface area (Å²) >= 11 is 24.6. The highest BCUT2D eigenvalue weighted by Gasteiger charge is 2.13. The molecule has 0 saturated heterocycles. The number of hydrogen-bond acceptors (Lipinski definition) is 2. The lowest BCUT2D eigenvalue weighted by atomic mass is 10.0. The lowest BCUT2D eigenvalue weighted by molar-refractivity contribution is 1.19. The van der Waals surface area contributed by atoms with Crippen LogP contribution in [0.3, 0.4) is 0 Å². The topological polar surface area (TPSA) is 52.0 Å². The predicted octanol–water partition coefficient (Wildman–Crippen LogP) is 5.06. The van der Waals surface area contributed by atoms with Gasteiger partial charge in [-0.3, -0.25) is 0 Å². The largest absolute Gasteiger partial charge is 0.399 e. The molecular formula is C13H10Cl4N2. The molecule has 2 rings (SSSR count). The molecule has 0 amide bonds. The molecule has 0 unspecified atom stereocenters. The number of halogens is 4. The van der Waals surface area contributed by atoms with Gasteiger partial charge in [0.25, 0.3) is 0 Å². The van der Waals surface area contributed by atoms with Gasteiger partial charge in [0, 0.05) is 37.9 Å². The van der Waals surface area contributed by atoms with Crippen LogP contribution in [0.4, 0.5) is 11.4 Å². The quantitative estimate of drug-likeness (QED) is 0.754. The second kappa shape index (κ2) is 5.68. The lowest BCUT2D eigenvalue weighted by Crippen LogP contribution is -1.97. The summed E-state index contributed by atoms with van der Waals surface area (Å²) in [6, 6.07) is 6.56. The van der Waals surface area contributed by atoms with Crippen LogP contribution in [0.1, 0.15) is 11.1 Å². The summed E-state index contributed by atoms with van der Waals surface area (Å²) < 4.78 is 0. The molecule has 0 bridgehead atoms. The predicted molar refractivity (Wildman–Crippen MR) is 84.6 cm³/mol. The molecule has 4 N–H and O–H groups in total. The first-order valence-electron chi connectivity index (χ1n) is 5.35. The zero-order chi connectivity index (χ0) is 14.2. The van der Waals surface area contributed by atoms with E-state index < -0.39 is 0 Å². The first-order valence-corrected chi connectivity index (χ1v) is 6.86. The third-order valence-corrected chi connectivity index (χ3v) is 4.03. The highest BCUT2D eigenvalue weighted by Crippen LogP contribution is 2.35. The number of nitrogen functional groups attached to an aromatic ring is 2. The lowest BCUT2D eigenvalue weighted by Gasteiger charge is -2.12. The van der Waals surface area contributed by atoms with E-state index in [4.69, 9.17) is 57.9 Å². The Morgan fingerprint density at radius 2 is 0.895 bits per heavy atom. The number of rotatable bonds is 2. The van der Waals surface area contributed by atoms with E-state index in [1.54, 1.807) is 24.3 Å². The average Bonchev–Trinajstić information content (AvgIpc) is 2.25. The number of hydrogen-bond donors (Lipinski definition) is 2. The van der Waals surface area contributed by atoms with Crippen molar-refractivity contribution in [1.82, 2.24) is 0 Å². The summed E-state index contributed by atoms with van der Waals surface area (Å²) in [6.07, 6.45) is 0.413. The monoisotopic (exact) mass is 334 g/mol. The van der Waals surface area contributed by atoms with Gasteiger partial charge < -0.3 is 11.5 Å². The van der Waals surface area contributed by atoms with Crippen molar-refractivity contribution in [1.29, 1.82) is 0 Å². The second-order valence-electron chi connectivity index (χ2n) is 4.10. The van der Waals surface area contributed by atoms with Gasteiger partial charge in [0.15, 0.2) is 0 Å². The van der Waals surface area contributed by atoms with E-state index in [-0.39, 0.29) is 0 Å². The molecule has 0 aromatic heterocycles. The van der Waals surface area contributed by atoms with Gasteiger partial charge in [0.1, 0.15) is 0 Å². The first-order chi connectivity index (χ1) is 8.88. The van der Waals surface area contributed by atoms with Crippen LogP contribution in [-0.2, 0) is 6.42 Å². The molecule has 0 spiro atoms. The molecule has 100 valence electrons. The Hall–Kier alpha value is -0.800. The minimum absolute atomic E-state index is 0.413. The fourth-order valence-electron chi connectivity index (χ4n) is 1.76. The Labute approximate surface area is 131 Å². The standard InChI is InChI=1S/C13H10Cl4N2/c14-10-1-6(18)2-11(15)8(10)5-9-12(16)3-7(19)4-13(9)17/h1-4H,5,18-19H2. The molecule has 0 fully saturated rings. The van der Waals surface area contributed by atoms with E-state index in [9.17, 15) is 0 Å². The van der Waals surface area contributed by atoms with Crippen LogP contribution in [0, 0.1) is 0 Å². The van der Waals surface area contributed by atoms with E-state index in [1.807, 2.05) is 0 Å². The smallest absolute Gasteiger partial charge is 0.0476 e. The van der Waals surface area contributed by atoms with Crippen molar-refractivity contribution in [2.75, 3.05) is 11.5 Å². The second-order valence-corrected chi connectivity index (χ2v) is 5.73. The van der Waals surface area contributed by atoms with Crippen LogP contribution in [0.25, 0.3) is 0 Å². The fraction of sp³-hybridized carbons (Fsp3) is 0.0769. The molecule has 2 aromatic rings. The van der Waals surface area contributed by atoms with Crippen LogP contribution < -0.4 is 11.5 Å². The van der Waals surface area contributed by atoms with Crippen molar-refractivity contribution < 1.29 is 0 Å². The van der Waals surface area contributed by atoms with Gasteiger partial charge in [-0.05, 0) is 35.4 Å². The molecule has 0 aliphatic rings. The Kier molecular flexibility index (Phi) is 4.36. The summed E-state index contributed by atoms with van der Waals surface area (Å²) in [5.74, 6) is 0. The maximum absolute atomic E-state index is 6.15. The van der Waals surface area contributed by atoms with Gasteiger partial charge >= 0.3 is 0 Å². The number of benzene rings is 2. The molecule has 19 heavy (non-hydrogen) atoms. The molecule has 0 radical (unpaired) electrons. The summed E-state index contributed by atoms with van der Waals surface area (Å²) in [6.45, 7) is 0. The summed E-state index contributed by atoms with van der Waals surface area (Å²) in [5, 5.41) is 1.92. The SMILES string of the molecule is Nc1cc(Cl)c(Cc2c(Cl)cc(N)cc2Cl)c(Cl)c1. The Morgan fingerprint density at radius 3 is 1.16 bits per heavy atom. The molecule has 6 heteroatoms. The minimum atomic E-state index is 0.413. The van der Waals surface area contributed by atoms with Crippen molar-refractivity contribution >= 4 is 57.8 Å². The zero-order valence-electron chi connectivity index (χ0n) is 9.68. The maximum Gasteiger partial charge on any atom is 0.0476 e. The third kappa shape index (κ3) is 3.21. The van der Waals surface area contributed by atoms with E-state index in [0.717, 1.165) is 11.1 Å². The van der Waals surface area contributed by atoms with Crippen LogP contribution in [0.2, 0.25) is 20.1 Å². The molecule has 0 aliphatic heterocycles. The Bertz CT molecular complexity index is 539. The van der Waals surface area contributed by atoms with Gasteiger partial charge in [0.2, 0.25) is 0 Å². The number of nitrogens with two attached hydrogens (primary N) is 2.